The molecule has 0 fully saturated rings. The summed E-state index contributed by atoms with van der Waals surface area (Å²) in [5.74, 6) is 0. The Kier molecular flexibility index (Phi) is 5.60. The van der Waals surface area contributed by atoms with E-state index in [1.54, 1.807) is 23.2 Å². The molecule has 1 N–H and O–H groups in total. The van der Waals surface area contributed by atoms with Gasteiger partial charge in [-0.15, -0.1) is 0 Å². The molecule has 1 heterocycles. The van der Waals surface area contributed by atoms with Crippen molar-refractivity contribution in [1.29, 1.82) is 5.26 Å². The van der Waals surface area contributed by atoms with Crippen LogP contribution in [0.1, 0.15) is 37.9 Å². The molecule has 0 saturated heterocycles. The van der Waals surface area contributed by atoms with Gasteiger partial charge in [-0.1, -0.05) is 12.1 Å². The molecule has 0 aliphatic carbocycles. The number of nitrogens with one attached hydrogen (secondary N) is 1. The zero-order valence-electron chi connectivity index (χ0n) is 14.6. The van der Waals surface area contributed by atoms with Crippen molar-refractivity contribution in [3.8, 4) is 6.07 Å². The zero-order chi connectivity index (χ0) is 17.7. The highest BCUT2D eigenvalue weighted by Crippen LogP contribution is 2.18. The Hall–Kier alpha value is -2.36. The number of benzene rings is 1. The van der Waals surface area contributed by atoms with Crippen LogP contribution in [-0.4, -0.2) is 41.7 Å². The van der Waals surface area contributed by atoms with E-state index in [1.807, 2.05) is 51.0 Å². The monoisotopic (exact) mass is 328 g/mol. The molecule has 1 amide bonds. The standard InChI is InChI=1S/C18H24N4O2/c1-18(2,3)24-17(23)22-10-9-16(20-21(4)11-12-22)15-7-5-14(13-19)6-8-15/h5-10,16,20H,11-12H2,1-4H3. The maximum Gasteiger partial charge on any atom is 0.414 e. The van der Waals surface area contributed by atoms with Crippen molar-refractivity contribution in [1.82, 2.24) is 15.3 Å². The van der Waals surface area contributed by atoms with Crippen LogP contribution in [0.4, 0.5) is 4.79 Å². The molecule has 1 aromatic carbocycles. The van der Waals surface area contributed by atoms with Crippen LogP contribution in [0.2, 0.25) is 0 Å². The Bertz CT molecular complexity index is 640. The number of likely N-dealkylation sites (N-methyl/N-ethyl adjacent to an activating group) is 1. The van der Waals surface area contributed by atoms with Crippen molar-refractivity contribution in [2.45, 2.75) is 32.4 Å². The normalized spacial score (nSPS) is 19.3. The number of hydrazine groups is 1. The fraction of sp³-hybridized carbons (Fsp3) is 0.444. The van der Waals surface area contributed by atoms with Crippen LogP contribution in [0.3, 0.4) is 0 Å². The molecule has 1 atom stereocenters. The molecule has 0 radical (unpaired) electrons. The first kappa shape index (κ1) is 18.0. The van der Waals surface area contributed by atoms with Crippen molar-refractivity contribution in [3.63, 3.8) is 0 Å². The molecule has 1 unspecified atom stereocenters. The molecular formula is C18H24N4O2. The third kappa shape index (κ3) is 5.08. The second kappa shape index (κ2) is 7.47. The highest BCUT2D eigenvalue weighted by Gasteiger charge is 2.23. The summed E-state index contributed by atoms with van der Waals surface area (Å²) in [7, 11) is 1.93. The van der Waals surface area contributed by atoms with Gasteiger partial charge < -0.3 is 4.74 Å². The van der Waals surface area contributed by atoms with E-state index in [2.05, 4.69) is 11.5 Å². The topological polar surface area (TPSA) is 68.6 Å². The molecule has 0 aromatic heterocycles. The van der Waals surface area contributed by atoms with Gasteiger partial charge in [-0.2, -0.15) is 5.26 Å². The molecular weight excluding hydrogens is 304 g/mol. The van der Waals surface area contributed by atoms with Crippen LogP contribution in [0.15, 0.2) is 36.5 Å². The summed E-state index contributed by atoms with van der Waals surface area (Å²) in [6, 6.07) is 9.42. The van der Waals surface area contributed by atoms with Crippen LogP contribution in [-0.2, 0) is 4.74 Å². The molecule has 6 heteroatoms. The molecule has 1 aliphatic heterocycles. The van der Waals surface area contributed by atoms with Gasteiger partial charge in [0, 0.05) is 26.3 Å². The smallest absolute Gasteiger partial charge is 0.414 e. The lowest BCUT2D eigenvalue weighted by Crippen LogP contribution is -2.45. The number of carbonyl (C=O) groups excluding carboxylic acids is 1. The maximum absolute atomic E-state index is 12.3. The third-order valence-electron chi connectivity index (χ3n) is 3.52. The Balaban J connectivity index is 2.18. The molecule has 0 saturated carbocycles. The van der Waals surface area contributed by atoms with E-state index in [9.17, 15) is 4.79 Å². The average Bonchev–Trinajstić information content (AvgIpc) is 2.49. The summed E-state index contributed by atoms with van der Waals surface area (Å²) in [6.45, 7) is 6.76. The minimum atomic E-state index is -0.524. The van der Waals surface area contributed by atoms with Crippen LogP contribution in [0, 0.1) is 11.3 Å². The molecule has 0 spiro atoms. The van der Waals surface area contributed by atoms with Gasteiger partial charge in [0.2, 0.25) is 0 Å². The molecule has 128 valence electrons. The van der Waals surface area contributed by atoms with Gasteiger partial charge in [0.1, 0.15) is 5.60 Å². The lowest BCUT2D eigenvalue weighted by molar-refractivity contribution is 0.0306. The second-order valence-corrected chi connectivity index (χ2v) is 6.78. The SMILES string of the molecule is CN1CCN(C(=O)OC(C)(C)C)C=CC(c2ccc(C#N)cc2)N1. The number of carbonyl (C=O) groups is 1. The van der Waals surface area contributed by atoms with Gasteiger partial charge >= 0.3 is 6.09 Å². The number of amides is 1. The Morgan fingerprint density at radius 3 is 2.54 bits per heavy atom. The highest BCUT2D eigenvalue weighted by atomic mass is 16.6. The van der Waals surface area contributed by atoms with E-state index in [-0.39, 0.29) is 12.1 Å². The van der Waals surface area contributed by atoms with E-state index in [1.165, 1.54) is 0 Å². The Morgan fingerprint density at radius 2 is 1.96 bits per heavy atom. The van der Waals surface area contributed by atoms with Gasteiger partial charge in [-0.25, -0.2) is 15.2 Å². The second-order valence-electron chi connectivity index (χ2n) is 6.78. The fourth-order valence-corrected chi connectivity index (χ4v) is 2.29. The fourth-order valence-electron chi connectivity index (χ4n) is 2.29. The van der Waals surface area contributed by atoms with Gasteiger partial charge in [-0.05, 0) is 44.5 Å². The Labute approximate surface area is 143 Å². The third-order valence-corrected chi connectivity index (χ3v) is 3.52. The Morgan fingerprint density at radius 1 is 1.29 bits per heavy atom. The van der Waals surface area contributed by atoms with E-state index < -0.39 is 5.60 Å². The molecule has 1 aromatic rings. The van der Waals surface area contributed by atoms with Crippen LogP contribution in [0.5, 0.6) is 0 Å². The number of hydrogen-bond donors (Lipinski definition) is 1. The summed E-state index contributed by atoms with van der Waals surface area (Å²) in [5, 5.41) is 10.9. The number of hydrogen-bond acceptors (Lipinski definition) is 5. The highest BCUT2D eigenvalue weighted by molar-refractivity contribution is 5.69. The largest absolute Gasteiger partial charge is 0.443 e. The molecule has 2 rings (SSSR count). The summed E-state index contributed by atoms with van der Waals surface area (Å²) in [6.07, 6.45) is 3.32. The molecule has 0 bridgehead atoms. The first-order valence-corrected chi connectivity index (χ1v) is 7.94. The van der Waals surface area contributed by atoms with Gasteiger partial charge in [0.25, 0.3) is 0 Å². The van der Waals surface area contributed by atoms with Crippen LogP contribution >= 0.6 is 0 Å². The predicted octanol–water partition coefficient (Wildman–Crippen LogP) is 2.80. The minimum absolute atomic E-state index is 0.0898. The predicted molar refractivity (Wildman–Crippen MR) is 91.7 cm³/mol. The number of ether oxygens (including phenoxy) is 1. The van der Waals surface area contributed by atoms with Crippen molar-refractivity contribution >= 4 is 6.09 Å². The molecule has 1 aliphatic rings. The zero-order valence-corrected chi connectivity index (χ0v) is 14.6. The first-order valence-electron chi connectivity index (χ1n) is 7.94. The van der Waals surface area contributed by atoms with Crippen molar-refractivity contribution < 1.29 is 9.53 Å². The summed E-state index contributed by atoms with van der Waals surface area (Å²) >= 11 is 0. The summed E-state index contributed by atoms with van der Waals surface area (Å²) in [5.41, 5.74) is 4.48. The average molecular weight is 328 g/mol. The van der Waals surface area contributed by atoms with Gasteiger partial charge in [-0.3, -0.25) is 4.90 Å². The van der Waals surface area contributed by atoms with Crippen molar-refractivity contribution in [3.05, 3.63) is 47.7 Å². The quantitative estimate of drug-likeness (QED) is 0.858. The number of nitrogens with zero attached hydrogens (tertiary/aromatic N) is 3. The first-order chi connectivity index (χ1) is 11.3. The lowest BCUT2D eigenvalue weighted by atomic mass is 10.1. The van der Waals surface area contributed by atoms with Crippen molar-refractivity contribution in [2.24, 2.45) is 0 Å². The van der Waals surface area contributed by atoms with E-state index in [0.29, 0.717) is 18.7 Å². The van der Waals surface area contributed by atoms with Crippen LogP contribution in [0.25, 0.3) is 0 Å². The minimum Gasteiger partial charge on any atom is -0.443 e. The number of nitriles is 1. The van der Waals surface area contributed by atoms with Crippen LogP contribution < -0.4 is 5.43 Å². The van der Waals surface area contributed by atoms with Gasteiger partial charge in [0.05, 0.1) is 17.7 Å². The maximum atomic E-state index is 12.3. The van der Waals surface area contributed by atoms with Crippen molar-refractivity contribution in [2.75, 3.05) is 20.1 Å². The lowest BCUT2D eigenvalue weighted by Gasteiger charge is -2.31. The summed E-state index contributed by atoms with van der Waals surface area (Å²) < 4.78 is 5.44. The molecule has 6 nitrogen and oxygen atoms in total. The van der Waals surface area contributed by atoms with E-state index in [0.717, 1.165) is 5.56 Å². The van der Waals surface area contributed by atoms with E-state index >= 15 is 0 Å². The molecule has 24 heavy (non-hydrogen) atoms. The van der Waals surface area contributed by atoms with Gasteiger partial charge in [0.15, 0.2) is 0 Å². The van der Waals surface area contributed by atoms with E-state index in [4.69, 9.17) is 10.00 Å². The number of rotatable bonds is 1. The summed E-state index contributed by atoms with van der Waals surface area (Å²) in [4.78, 5) is 13.9.